The first-order valence-corrected chi connectivity index (χ1v) is 8.14. The SMILES string of the molecule is CN=C(NCCCc1ccc(O)cc1)Nc1ccc(OC)c(OC)c1.I. The van der Waals surface area contributed by atoms with Gasteiger partial charge in [0.2, 0.25) is 0 Å². The van der Waals surface area contributed by atoms with Crippen LogP contribution in [0.25, 0.3) is 0 Å². The van der Waals surface area contributed by atoms with Crippen LogP contribution in [-0.4, -0.2) is 38.9 Å². The highest BCUT2D eigenvalue weighted by Crippen LogP contribution is 2.29. The molecule has 0 heterocycles. The molecule has 0 saturated carbocycles. The molecular weight excluding hydrogens is 445 g/mol. The second kappa shape index (κ2) is 11.5. The van der Waals surface area contributed by atoms with Gasteiger partial charge in [-0.05, 0) is 42.7 Å². The highest BCUT2D eigenvalue weighted by molar-refractivity contribution is 14.0. The third-order valence-electron chi connectivity index (χ3n) is 3.74. The number of hydrogen-bond donors (Lipinski definition) is 3. The highest BCUT2D eigenvalue weighted by atomic mass is 127. The van der Waals surface area contributed by atoms with Crippen LogP contribution < -0.4 is 20.1 Å². The first-order valence-electron chi connectivity index (χ1n) is 8.14. The van der Waals surface area contributed by atoms with E-state index in [1.807, 2.05) is 30.3 Å². The summed E-state index contributed by atoms with van der Waals surface area (Å²) in [6.45, 7) is 0.786. The average molecular weight is 471 g/mol. The molecule has 0 aromatic heterocycles. The topological polar surface area (TPSA) is 75.1 Å². The molecule has 0 aliphatic carbocycles. The molecule has 0 aliphatic rings. The number of hydrogen-bond acceptors (Lipinski definition) is 4. The van der Waals surface area contributed by atoms with Crippen molar-refractivity contribution in [1.29, 1.82) is 0 Å². The molecule has 7 heteroatoms. The van der Waals surface area contributed by atoms with E-state index >= 15 is 0 Å². The maximum absolute atomic E-state index is 9.29. The van der Waals surface area contributed by atoms with Gasteiger partial charge in [-0.15, -0.1) is 24.0 Å². The van der Waals surface area contributed by atoms with Crippen molar-refractivity contribution in [2.45, 2.75) is 12.8 Å². The molecule has 0 aliphatic heterocycles. The number of phenolic OH excluding ortho intramolecular Hbond substituents is 1. The van der Waals surface area contributed by atoms with Crippen molar-refractivity contribution < 1.29 is 14.6 Å². The minimum Gasteiger partial charge on any atom is -0.508 e. The van der Waals surface area contributed by atoms with Gasteiger partial charge in [-0.1, -0.05) is 12.1 Å². The van der Waals surface area contributed by atoms with Gasteiger partial charge in [0.15, 0.2) is 17.5 Å². The van der Waals surface area contributed by atoms with Gasteiger partial charge in [-0.3, -0.25) is 4.99 Å². The molecule has 0 spiro atoms. The van der Waals surface area contributed by atoms with E-state index in [1.54, 1.807) is 33.4 Å². The van der Waals surface area contributed by atoms with Crippen molar-refractivity contribution in [2.75, 3.05) is 33.1 Å². The maximum atomic E-state index is 9.29. The number of phenols is 1. The van der Waals surface area contributed by atoms with E-state index in [0.29, 0.717) is 23.2 Å². The molecule has 2 aromatic rings. The normalized spacial score (nSPS) is 10.7. The van der Waals surface area contributed by atoms with Crippen LogP contribution in [0.3, 0.4) is 0 Å². The van der Waals surface area contributed by atoms with Crippen LogP contribution in [0.5, 0.6) is 17.2 Å². The summed E-state index contributed by atoms with van der Waals surface area (Å²) in [7, 11) is 4.95. The van der Waals surface area contributed by atoms with Crippen molar-refractivity contribution in [3.05, 3.63) is 48.0 Å². The Morgan fingerprint density at radius 3 is 2.35 bits per heavy atom. The molecule has 6 nitrogen and oxygen atoms in total. The first kappa shape index (κ1) is 21.9. The number of halogens is 1. The number of aliphatic imine (C=N–C) groups is 1. The fourth-order valence-corrected chi connectivity index (χ4v) is 2.39. The Balaban J connectivity index is 0.00000338. The minimum atomic E-state index is 0. The van der Waals surface area contributed by atoms with Crippen LogP contribution >= 0.6 is 24.0 Å². The zero-order chi connectivity index (χ0) is 18.1. The molecule has 3 N–H and O–H groups in total. The number of rotatable bonds is 7. The Bertz CT molecular complexity index is 706. The highest BCUT2D eigenvalue weighted by Gasteiger charge is 2.06. The van der Waals surface area contributed by atoms with E-state index in [1.165, 1.54) is 5.56 Å². The average Bonchev–Trinajstić information content (AvgIpc) is 2.65. The predicted octanol–water partition coefficient (Wildman–Crippen LogP) is 3.65. The van der Waals surface area contributed by atoms with Crippen LogP contribution in [0, 0.1) is 0 Å². The molecule has 0 saturated heterocycles. The maximum Gasteiger partial charge on any atom is 0.195 e. The van der Waals surface area contributed by atoms with Gasteiger partial charge in [0, 0.05) is 25.3 Å². The molecule has 0 radical (unpaired) electrons. The lowest BCUT2D eigenvalue weighted by Gasteiger charge is -2.14. The van der Waals surface area contributed by atoms with Crippen molar-refractivity contribution in [2.24, 2.45) is 4.99 Å². The number of aryl methyl sites for hydroxylation is 1. The van der Waals surface area contributed by atoms with Gasteiger partial charge in [0.1, 0.15) is 5.75 Å². The number of guanidine groups is 1. The molecular formula is C19H26IN3O3. The monoisotopic (exact) mass is 471 g/mol. The molecule has 0 atom stereocenters. The Labute approximate surface area is 171 Å². The van der Waals surface area contributed by atoms with Crippen molar-refractivity contribution in [3.63, 3.8) is 0 Å². The zero-order valence-corrected chi connectivity index (χ0v) is 17.6. The summed E-state index contributed by atoms with van der Waals surface area (Å²) < 4.78 is 10.5. The second-order valence-electron chi connectivity index (χ2n) is 5.46. The number of anilines is 1. The Kier molecular flexibility index (Phi) is 9.64. The van der Waals surface area contributed by atoms with E-state index < -0.39 is 0 Å². The lowest BCUT2D eigenvalue weighted by molar-refractivity contribution is 0.355. The number of ether oxygens (including phenoxy) is 2. The molecule has 0 fully saturated rings. The summed E-state index contributed by atoms with van der Waals surface area (Å²) >= 11 is 0. The van der Waals surface area contributed by atoms with Crippen molar-refractivity contribution in [1.82, 2.24) is 5.32 Å². The van der Waals surface area contributed by atoms with Crippen LogP contribution in [0.4, 0.5) is 5.69 Å². The van der Waals surface area contributed by atoms with E-state index in [2.05, 4.69) is 15.6 Å². The fourth-order valence-electron chi connectivity index (χ4n) is 2.39. The Morgan fingerprint density at radius 2 is 1.73 bits per heavy atom. The number of benzene rings is 2. The van der Waals surface area contributed by atoms with Crippen LogP contribution in [0.15, 0.2) is 47.5 Å². The smallest absolute Gasteiger partial charge is 0.195 e. The third-order valence-corrected chi connectivity index (χ3v) is 3.74. The summed E-state index contributed by atoms with van der Waals surface area (Å²) in [4.78, 5) is 4.23. The zero-order valence-electron chi connectivity index (χ0n) is 15.3. The summed E-state index contributed by atoms with van der Waals surface area (Å²) in [5, 5.41) is 15.8. The van der Waals surface area contributed by atoms with Gasteiger partial charge in [0.05, 0.1) is 14.2 Å². The number of nitrogens with one attached hydrogen (secondary N) is 2. The van der Waals surface area contributed by atoms with Crippen molar-refractivity contribution >= 4 is 35.6 Å². The summed E-state index contributed by atoms with van der Waals surface area (Å²) in [5.41, 5.74) is 2.06. The van der Waals surface area contributed by atoms with Crippen LogP contribution in [-0.2, 0) is 6.42 Å². The van der Waals surface area contributed by atoms with Gasteiger partial charge < -0.3 is 25.2 Å². The summed E-state index contributed by atoms with van der Waals surface area (Å²) in [5.74, 6) is 2.33. The van der Waals surface area contributed by atoms with E-state index in [9.17, 15) is 5.11 Å². The van der Waals surface area contributed by atoms with E-state index in [0.717, 1.165) is 25.1 Å². The predicted molar refractivity (Wildman–Crippen MR) is 116 cm³/mol. The molecule has 0 bridgehead atoms. The standard InChI is InChI=1S/C19H25N3O3.HI/c1-20-19(21-12-4-5-14-6-9-16(23)10-7-14)22-15-8-11-17(24-2)18(13-15)25-3;/h6-11,13,23H,4-5,12H2,1-3H3,(H2,20,21,22);1H. The minimum absolute atomic E-state index is 0. The summed E-state index contributed by atoms with van der Waals surface area (Å²) in [6, 6.07) is 12.9. The van der Waals surface area contributed by atoms with E-state index in [4.69, 9.17) is 9.47 Å². The van der Waals surface area contributed by atoms with Crippen LogP contribution in [0.2, 0.25) is 0 Å². The van der Waals surface area contributed by atoms with Gasteiger partial charge in [-0.25, -0.2) is 0 Å². The number of methoxy groups -OCH3 is 2. The lowest BCUT2D eigenvalue weighted by atomic mass is 10.1. The van der Waals surface area contributed by atoms with E-state index in [-0.39, 0.29) is 24.0 Å². The molecule has 2 rings (SSSR count). The molecule has 142 valence electrons. The third kappa shape index (κ3) is 6.62. The first-order chi connectivity index (χ1) is 12.2. The Morgan fingerprint density at radius 1 is 1.04 bits per heavy atom. The molecule has 0 amide bonds. The van der Waals surface area contributed by atoms with Gasteiger partial charge in [0.25, 0.3) is 0 Å². The number of nitrogens with zero attached hydrogens (tertiary/aromatic N) is 1. The molecule has 26 heavy (non-hydrogen) atoms. The quantitative estimate of drug-likeness (QED) is 0.249. The van der Waals surface area contributed by atoms with Gasteiger partial charge in [-0.2, -0.15) is 0 Å². The Hall–Kier alpha value is -2.16. The number of aromatic hydroxyl groups is 1. The summed E-state index contributed by atoms with van der Waals surface area (Å²) in [6.07, 6.45) is 1.89. The van der Waals surface area contributed by atoms with Gasteiger partial charge >= 0.3 is 0 Å². The van der Waals surface area contributed by atoms with Crippen molar-refractivity contribution in [3.8, 4) is 17.2 Å². The lowest BCUT2D eigenvalue weighted by Crippen LogP contribution is -2.31. The fraction of sp³-hybridized carbons (Fsp3) is 0.316. The molecule has 0 unspecified atom stereocenters. The molecule has 2 aromatic carbocycles. The largest absolute Gasteiger partial charge is 0.508 e. The second-order valence-corrected chi connectivity index (χ2v) is 5.46. The van der Waals surface area contributed by atoms with Crippen LogP contribution in [0.1, 0.15) is 12.0 Å².